The number of ether oxygens (including phenoxy) is 2. The Kier molecular flexibility index (Phi) is 13.5. The molecule has 50 heavy (non-hydrogen) atoms. The lowest BCUT2D eigenvalue weighted by molar-refractivity contribution is -0.143. The molecule has 2 N–H and O–H groups in total. The molecular weight excluding hydrogens is 674 g/mol. The standard InChI is InChI=1S/C39H56ClN3O6S/c1-12-36(4,5)25-17-20-30(27(23-25)37(6,7)13-2)48-22-16-15-21-41-26-18-19-28(40)29(24-26)42-33(45)31(32(44)39(10,11)50-14-3)43-34(46)38(8,9)49-35(43)47/h17-20,23-24,31,41H,12-16,21-22H2,1-11H3,(H,42,45). The Labute approximate surface area is 307 Å². The van der Waals surface area contributed by atoms with E-state index in [4.69, 9.17) is 21.1 Å². The molecule has 1 aliphatic rings. The van der Waals surface area contributed by atoms with Crippen LogP contribution in [0.1, 0.15) is 113 Å². The Bertz CT molecular complexity index is 1570. The highest BCUT2D eigenvalue weighted by molar-refractivity contribution is 8.01. The molecule has 0 aromatic heterocycles. The van der Waals surface area contributed by atoms with Crippen molar-refractivity contribution in [2.24, 2.45) is 0 Å². The van der Waals surface area contributed by atoms with Gasteiger partial charge in [0, 0.05) is 17.8 Å². The second kappa shape index (κ2) is 16.4. The predicted octanol–water partition coefficient (Wildman–Crippen LogP) is 9.15. The number of rotatable bonds is 18. The number of ketones is 1. The van der Waals surface area contributed by atoms with Crippen molar-refractivity contribution >= 4 is 58.4 Å². The maximum atomic E-state index is 13.8. The summed E-state index contributed by atoms with van der Waals surface area (Å²) < 4.78 is 10.5. The summed E-state index contributed by atoms with van der Waals surface area (Å²) in [4.78, 5) is 54.1. The third-order valence-corrected chi connectivity index (χ3v) is 11.3. The van der Waals surface area contributed by atoms with Crippen molar-refractivity contribution in [3.8, 4) is 5.75 Å². The van der Waals surface area contributed by atoms with Gasteiger partial charge in [0.2, 0.25) is 0 Å². The topological polar surface area (TPSA) is 114 Å². The molecule has 3 rings (SSSR count). The van der Waals surface area contributed by atoms with E-state index < -0.39 is 40.1 Å². The minimum atomic E-state index is -1.74. The number of benzene rings is 2. The number of nitrogens with one attached hydrogen (secondary N) is 2. The number of cyclic esters (lactones) is 1. The predicted molar refractivity (Wildman–Crippen MR) is 205 cm³/mol. The molecule has 1 unspecified atom stereocenters. The van der Waals surface area contributed by atoms with Crippen LogP contribution in [-0.4, -0.2) is 63.9 Å². The molecule has 1 atom stereocenters. The average Bonchev–Trinajstić information content (AvgIpc) is 3.25. The van der Waals surface area contributed by atoms with Gasteiger partial charge in [-0.05, 0) is 99.8 Å². The minimum absolute atomic E-state index is 0.0136. The third-order valence-electron chi connectivity index (χ3n) is 9.77. The second-order valence-corrected chi connectivity index (χ2v) is 17.4. The van der Waals surface area contributed by atoms with Crippen molar-refractivity contribution in [2.45, 2.75) is 129 Å². The fourth-order valence-electron chi connectivity index (χ4n) is 5.60. The fraction of sp³-hybridized carbons (Fsp3) is 0.590. The Morgan fingerprint density at radius 2 is 1.62 bits per heavy atom. The zero-order valence-corrected chi connectivity index (χ0v) is 33.2. The molecule has 1 saturated heterocycles. The molecule has 2 aromatic carbocycles. The highest BCUT2D eigenvalue weighted by Crippen LogP contribution is 2.39. The van der Waals surface area contributed by atoms with E-state index >= 15 is 0 Å². The van der Waals surface area contributed by atoms with Gasteiger partial charge >= 0.3 is 6.09 Å². The summed E-state index contributed by atoms with van der Waals surface area (Å²) in [6, 6.07) is 9.97. The van der Waals surface area contributed by atoms with E-state index in [1.165, 1.54) is 36.7 Å². The molecule has 0 radical (unpaired) electrons. The van der Waals surface area contributed by atoms with Crippen LogP contribution in [0.5, 0.6) is 5.75 Å². The number of hydrogen-bond acceptors (Lipinski definition) is 8. The maximum Gasteiger partial charge on any atom is 0.418 e. The number of thioether (sulfide) groups is 1. The Morgan fingerprint density at radius 3 is 2.20 bits per heavy atom. The molecule has 276 valence electrons. The van der Waals surface area contributed by atoms with Crippen molar-refractivity contribution in [3.05, 3.63) is 52.5 Å². The number of imide groups is 1. The Morgan fingerprint density at radius 1 is 0.960 bits per heavy atom. The Hall–Kier alpha value is -3.24. The number of amides is 3. The van der Waals surface area contributed by atoms with Gasteiger partial charge in [0.1, 0.15) is 5.75 Å². The van der Waals surface area contributed by atoms with E-state index in [-0.39, 0.29) is 21.5 Å². The van der Waals surface area contributed by atoms with Crippen LogP contribution in [0, 0.1) is 0 Å². The van der Waals surface area contributed by atoms with Gasteiger partial charge in [-0.3, -0.25) is 14.4 Å². The van der Waals surface area contributed by atoms with Gasteiger partial charge in [-0.1, -0.05) is 72.2 Å². The van der Waals surface area contributed by atoms with E-state index in [9.17, 15) is 19.2 Å². The van der Waals surface area contributed by atoms with Crippen molar-refractivity contribution in [2.75, 3.05) is 29.5 Å². The monoisotopic (exact) mass is 729 g/mol. The van der Waals surface area contributed by atoms with Crippen LogP contribution in [0.4, 0.5) is 16.2 Å². The molecule has 0 aliphatic carbocycles. The Balaban J connectivity index is 1.68. The van der Waals surface area contributed by atoms with Crippen molar-refractivity contribution in [3.63, 3.8) is 0 Å². The van der Waals surface area contributed by atoms with Crippen LogP contribution in [0.3, 0.4) is 0 Å². The van der Waals surface area contributed by atoms with Crippen LogP contribution in [0.2, 0.25) is 5.02 Å². The summed E-state index contributed by atoms with van der Waals surface area (Å²) in [6.45, 7) is 22.8. The van der Waals surface area contributed by atoms with Gasteiger partial charge in [0.25, 0.3) is 11.8 Å². The smallest absolute Gasteiger partial charge is 0.418 e. The highest BCUT2D eigenvalue weighted by atomic mass is 35.5. The molecule has 1 fully saturated rings. The average molecular weight is 730 g/mol. The van der Waals surface area contributed by atoms with E-state index in [2.05, 4.69) is 70.4 Å². The van der Waals surface area contributed by atoms with Crippen molar-refractivity contribution in [1.82, 2.24) is 4.90 Å². The quantitative estimate of drug-likeness (QED) is 0.115. The van der Waals surface area contributed by atoms with Crippen LogP contribution in [-0.2, 0) is 30.0 Å². The summed E-state index contributed by atoms with van der Waals surface area (Å²) >= 11 is 7.78. The highest BCUT2D eigenvalue weighted by Gasteiger charge is 2.55. The molecule has 0 bridgehead atoms. The third kappa shape index (κ3) is 9.55. The van der Waals surface area contributed by atoms with Gasteiger partial charge in [0.05, 0.1) is 22.1 Å². The summed E-state index contributed by atoms with van der Waals surface area (Å²) in [6.07, 6.45) is 2.66. The lowest BCUT2D eigenvalue weighted by atomic mass is 9.76. The number of nitrogens with zero attached hydrogens (tertiary/aromatic N) is 1. The zero-order chi connectivity index (χ0) is 37.7. The number of anilines is 2. The number of carbonyl (C=O) groups excluding carboxylic acids is 4. The zero-order valence-electron chi connectivity index (χ0n) is 31.7. The number of hydrogen-bond donors (Lipinski definition) is 2. The van der Waals surface area contributed by atoms with Gasteiger partial charge in [-0.2, -0.15) is 0 Å². The van der Waals surface area contributed by atoms with Crippen LogP contribution >= 0.6 is 23.4 Å². The fourth-order valence-corrected chi connectivity index (χ4v) is 6.74. The largest absolute Gasteiger partial charge is 0.493 e. The first kappa shape index (κ1) is 41.2. The summed E-state index contributed by atoms with van der Waals surface area (Å²) in [5.41, 5.74) is 2.08. The molecule has 2 aromatic rings. The number of halogens is 1. The number of carbonyl (C=O) groups is 4. The van der Waals surface area contributed by atoms with Crippen molar-refractivity contribution in [1.29, 1.82) is 0 Å². The first-order valence-corrected chi connectivity index (χ1v) is 19.0. The summed E-state index contributed by atoms with van der Waals surface area (Å²) in [7, 11) is 0. The van der Waals surface area contributed by atoms with Crippen molar-refractivity contribution < 1.29 is 28.7 Å². The van der Waals surface area contributed by atoms with E-state index in [1.54, 1.807) is 32.0 Å². The van der Waals surface area contributed by atoms with Crippen LogP contribution < -0.4 is 15.4 Å². The van der Waals surface area contributed by atoms with Gasteiger partial charge < -0.3 is 20.1 Å². The van der Waals surface area contributed by atoms with E-state index in [0.29, 0.717) is 29.5 Å². The minimum Gasteiger partial charge on any atom is -0.493 e. The van der Waals surface area contributed by atoms with Gasteiger partial charge in [0.15, 0.2) is 17.4 Å². The second-order valence-electron chi connectivity index (χ2n) is 15.1. The normalized spacial score (nSPS) is 15.5. The first-order chi connectivity index (χ1) is 23.2. The van der Waals surface area contributed by atoms with Crippen LogP contribution in [0.25, 0.3) is 0 Å². The number of Topliss-reactive ketones (excluding diaryl/α,β-unsaturated/α-hetero) is 1. The molecule has 0 spiro atoms. The molecule has 1 aliphatic heterocycles. The van der Waals surface area contributed by atoms with Crippen LogP contribution in [0.15, 0.2) is 36.4 Å². The maximum absolute atomic E-state index is 13.8. The summed E-state index contributed by atoms with van der Waals surface area (Å²) in [5, 5.41) is 6.29. The van der Waals surface area contributed by atoms with Gasteiger partial charge in [-0.25, -0.2) is 9.69 Å². The first-order valence-electron chi connectivity index (χ1n) is 17.6. The number of unbranched alkanes of at least 4 members (excludes halogenated alkanes) is 1. The molecule has 1 heterocycles. The SMILES string of the molecule is CCSC(C)(C)C(=O)C(C(=O)Nc1cc(NCCCCOc2ccc(C(C)(C)CC)cc2C(C)(C)CC)ccc1Cl)N1C(=O)OC(C)(C)C1=O. The lowest BCUT2D eigenvalue weighted by Gasteiger charge is -2.30. The molecule has 0 saturated carbocycles. The molecule has 11 heteroatoms. The summed E-state index contributed by atoms with van der Waals surface area (Å²) in [5.74, 6) is -0.689. The van der Waals surface area contributed by atoms with E-state index in [0.717, 1.165) is 31.4 Å². The van der Waals surface area contributed by atoms with Gasteiger partial charge in [-0.15, -0.1) is 11.8 Å². The molecule has 3 amide bonds. The molecular formula is C39H56ClN3O6S. The van der Waals surface area contributed by atoms with E-state index in [1.807, 2.05) is 6.92 Å². The molecule has 9 nitrogen and oxygen atoms in total. The lowest BCUT2D eigenvalue weighted by Crippen LogP contribution is -2.57.